The number of ether oxygens (including phenoxy) is 2. The van der Waals surface area contributed by atoms with Crippen LogP contribution >= 0.6 is 0 Å². The van der Waals surface area contributed by atoms with Crippen LogP contribution in [0.5, 0.6) is 11.5 Å². The lowest BCUT2D eigenvalue weighted by atomic mass is 9.82. The average molecular weight is 252 g/mol. The third kappa shape index (κ3) is 2.26. The van der Waals surface area contributed by atoms with Crippen LogP contribution in [-0.2, 0) is 10.2 Å². The van der Waals surface area contributed by atoms with E-state index in [2.05, 4.69) is 5.43 Å². The number of carbonyl (C=O) groups is 1. The molecule has 18 heavy (non-hydrogen) atoms. The van der Waals surface area contributed by atoms with E-state index in [-0.39, 0.29) is 5.91 Å². The fourth-order valence-electron chi connectivity index (χ4n) is 1.95. The van der Waals surface area contributed by atoms with Crippen LogP contribution in [0, 0.1) is 6.92 Å². The summed E-state index contributed by atoms with van der Waals surface area (Å²) in [5, 5.41) is 0. The van der Waals surface area contributed by atoms with Gasteiger partial charge in [0, 0.05) is 11.1 Å². The van der Waals surface area contributed by atoms with Gasteiger partial charge in [-0.05, 0) is 26.8 Å². The molecule has 0 heterocycles. The van der Waals surface area contributed by atoms with Crippen molar-refractivity contribution in [3.05, 3.63) is 23.3 Å². The van der Waals surface area contributed by atoms with Gasteiger partial charge in [-0.3, -0.25) is 10.2 Å². The minimum Gasteiger partial charge on any atom is -0.496 e. The molecule has 0 aliphatic heterocycles. The smallest absolute Gasteiger partial charge is 0.244 e. The average Bonchev–Trinajstić information content (AvgIpc) is 2.37. The topological polar surface area (TPSA) is 73.6 Å². The Labute approximate surface area is 107 Å². The second kappa shape index (κ2) is 5.27. The van der Waals surface area contributed by atoms with Gasteiger partial charge in [-0.15, -0.1) is 0 Å². The summed E-state index contributed by atoms with van der Waals surface area (Å²) in [6.45, 7) is 5.47. The minimum absolute atomic E-state index is 0.273. The maximum atomic E-state index is 11.8. The summed E-state index contributed by atoms with van der Waals surface area (Å²) in [5.41, 5.74) is 3.02. The largest absolute Gasteiger partial charge is 0.496 e. The van der Waals surface area contributed by atoms with Gasteiger partial charge in [0.15, 0.2) is 0 Å². The van der Waals surface area contributed by atoms with E-state index in [9.17, 15) is 4.79 Å². The lowest BCUT2D eigenvalue weighted by Gasteiger charge is -2.26. The summed E-state index contributed by atoms with van der Waals surface area (Å²) in [5.74, 6) is 6.31. The molecule has 5 heteroatoms. The molecule has 0 unspecified atom stereocenters. The number of hydrazine groups is 1. The van der Waals surface area contributed by atoms with Crippen molar-refractivity contribution in [1.29, 1.82) is 0 Å². The predicted octanol–water partition coefficient (Wildman–Crippen LogP) is 1.28. The molecule has 0 bridgehead atoms. The van der Waals surface area contributed by atoms with Gasteiger partial charge < -0.3 is 9.47 Å². The van der Waals surface area contributed by atoms with Gasteiger partial charge in [0.05, 0.1) is 19.6 Å². The van der Waals surface area contributed by atoms with E-state index in [1.54, 1.807) is 28.1 Å². The summed E-state index contributed by atoms with van der Waals surface area (Å²) in [7, 11) is 3.17. The molecule has 3 N–H and O–H groups in total. The van der Waals surface area contributed by atoms with E-state index < -0.39 is 5.41 Å². The van der Waals surface area contributed by atoms with Crippen molar-refractivity contribution in [1.82, 2.24) is 5.43 Å². The molecular formula is C13H20N2O3. The lowest BCUT2D eigenvalue weighted by molar-refractivity contribution is -0.125. The fraction of sp³-hybridized carbons (Fsp3) is 0.462. The summed E-state index contributed by atoms with van der Waals surface area (Å²) in [4.78, 5) is 11.8. The minimum atomic E-state index is -0.781. The number of benzene rings is 1. The van der Waals surface area contributed by atoms with Crippen molar-refractivity contribution >= 4 is 5.91 Å². The van der Waals surface area contributed by atoms with Crippen molar-refractivity contribution < 1.29 is 14.3 Å². The molecule has 0 aliphatic rings. The Balaban J connectivity index is 3.42. The molecule has 100 valence electrons. The van der Waals surface area contributed by atoms with E-state index in [0.717, 1.165) is 16.9 Å². The molecule has 1 rings (SSSR count). The van der Waals surface area contributed by atoms with Gasteiger partial charge in [-0.25, -0.2) is 5.84 Å². The van der Waals surface area contributed by atoms with E-state index in [1.165, 1.54) is 0 Å². The van der Waals surface area contributed by atoms with E-state index in [1.807, 2.05) is 19.1 Å². The van der Waals surface area contributed by atoms with Gasteiger partial charge in [0.25, 0.3) is 0 Å². The second-order valence-electron chi connectivity index (χ2n) is 4.57. The number of rotatable bonds is 4. The molecule has 5 nitrogen and oxygen atoms in total. The Hall–Kier alpha value is -1.75. The Morgan fingerprint density at radius 3 is 2.33 bits per heavy atom. The van der Waals surface area contributed by atoms with Crippen molar-refractivity contribution in [2.45, 2.75) is 26.2 Å². The Morgan fingerprint density at radius 2 is 1.89 bits per heavy atom. The lowest BCUT2D eigenvalue weighted by Crippen LogP contribution is -2.43. The van der Waals surface area contributed by atoms with Crippen LogP contribution in [0.2, 0.25) is 0 Å². The zero-order valence-corrected chi connectivity index (χ0v) is 11.5. The summed E-state index contributed by atoms with van der Waals surface area (Å²) >= 11 is 0. The molecular weight excluding hydrogens is 232 g/mol. The van der Waals surface area contributed by atoms with Gasteiger partial charge in [0.2, 0.25) is 5.91 Å². The first kappa shape index (κ1) is 14.3. The third-order valence-electron chi connectivity index (χ3n) is 3.15. The van der Waals surface area contributed by atoms with Crippen LogP contribution in [0.1, 0.15) is 25.0 Å². The fourth-order valence-corrected chi connectivity index (χ4v) is 1.95. The number of nitrogens with two attached hydrogens (primary N) is 1. The predicted molar refractivity (Wildman–Crippen MR) is 69.6 cm³/mol. The summed E-state index contributed by atoms with van der Waals surface area (Å²) < 4.78 is 10.6. The maximum absolute atomic E-state index is 11.8. The van der Waals surface area contributed by atoms with Gasteiger partial charge in [0.1, 0.15) is 11.5 Å². The van der Waals surface area contributed by atoms with Gasteiger partial charge in [-0.2, -0.15) is 0 Å². The highest BCUT2D eigenvalue weighted by molar-refractivity contribution is 5.88. The number of hydrogen-bond donors (Lipinski definition) is 2. The van der Waals surface area contributed by atoms with Gasteiger partial charge >= 0.3 is 0 Å². The molecule has 0 aliphatic carbocycles. The molecule has 0 fully saturated rings. The Kier molecular flexibility index (Phi) is 4.19. The molecule has 0 aromatic heterocycles. The SMILES string of the molecule is COc1ccc(C(C)(C)C(=O)NN)c(OC)c1C. The highest BCUT2D eigenvalue weighted by Gasteiger charge is 2.33. The van der Waals surface area contributed by atoms with E-state index >= 15 is 0 Å². The first-order chi connectivity index (χ1) is 8.39. The number of amides is 1. The zero-order valence-electron chi connectivity index (χ0n) is 11.5. The zero-order chi connectivity index (χ0) is 13.9. The molecule has 0 saturated carbocycles. The highest BCUT2D eigenvalue weighted by atomic mass is 16.5. The maximum Gasteiger partial charge on any atom is 0.244 e. The van der Waals surface area contributed by atoms with Crippen LogP contribution in [-0.4, -0.2) is 20.1 Å². The normalized spacial score (nSPS) is 11.0. The number of hydrogen-bond acceptors (Lipinski definition) is 4. The molecule has 0 spiro atoms. The number of methoxy groups -OCH3 is 2. The van der Waals surface area contributed by atoms with Crippen LogP contribution in [0.4, 0.5) is 0 Å². The van der Waals surface area contributed by atoms with Crippen LogP contribution in [0.15, 0.2) is 12.1 Å². The first-order valence-electron chi connectivity index (χ1n) is 5.63. The Morgan fingerprint density at radius 1 is 1.28 bits per heavy atom. The standard InChI is InChI=1S/C13H20N2O3/c1-8-10(17-4)7-6-9(11(8)18-5)13(2,3)12(16)15-14/h6-7H,14H2,1-5H3,(H,15,16). The molecule has 1 amide bonds. The third-order valence-corrected chi connectivity index (χ3v) is 3.15. The van der Waals surface area contributed by atoms with Gasteiger partial charge in [-0.1, -0.05) is 6.07 Å². The Bertz CT molecular complexity index is 456. The quantitative estimate of drug-likeness (QED) is 0.481. The molecule has 0 saturated heterocycles. The number of carbonyl (C=O) groups excluding carboxylic acids is 1. The van der Waals surface area contributed by atoms with Crippen molar-refractivity contribution in [3.63, 3.8) is 0 Å². The summed E-state index contributed by atoms with van der Waals surface area (Å²) in [6.07, 6.45) is 0. The second-order valence-corrected chi connectivity index (χ2v) is 4.57. The molecule has 0 atom stereocenters. The molecule has 1 aromatic carbocycles. The number of nitrogens with one attached hydrogen (secondary N) is 1. The first-order valence-corrected chi connectivity index (χ1v) is 5.63. The van der Waals surface area contributed by atoms with Crippen LogP contribution < -0.4 is 20.7 Å². The van der Waals surface area contributed by atoms with Crippen molar-refractivity contribution in [2.75, 3.05) is 14.2 Å². The van der Waals surface area contributed by atoms with E-state index in [0.29, 0.717) is 5.75 Å². The molecule has 1 aromatic rings. The van der Waals surface area contributed by atoms with E-state index in [4.69, 9.17) is 15.3 Å². The van der Waals surface area contributed by atoms with Crippen molar-refractivity contribution in [3.8, 4) is 11.5 Å². The summed E-state index contributed by atoms with van der Waals surface area (Å²) in [6, 6.07) is 3.64. The molecule has 0 radical (unpaired) electrons. The van der Waals surface area contributed by atoms with Crippen LogP contribution in [0.25, 0.3) is 0 Å². The van der Waals surface area contributed by atoms with Crippen LogP contribution in [0.3, 0.4) is 0 Å². The highest BCUT2D eigenvalue weighted by Crippen LogP contribution is 2.38. The monoisotopic (exact) mass is 252 g/mol. The van der Waals surface area contributed by atoms with Crippen molar-refractivity contribution in [2.24, 2.45) is 5.84 Å².